The summed E-state index contributed by atoms with van der Waals surface area (Å²) in [6.45, 7) is 4.19. The second kappa shape index (κ2) is 3.84. The summed E-state index contributed by atoms with van der Waals surface area (Å²) in [5, 5.41) is 13.5. The lowest BCUT2D eigenvalue weighted by molar-refractivity contribution is -0.384. The van der Waals surface area contributed by atoms with Crippen LogP contribution in [0.3, 0.4) is 0 Å². The van der Waals surface area contributed by atoms with Crippen LogP contribution in [0.1, 0.15) is 12.5 Å². The number of pyridine rings is 1. The third-order valence-corrected chi connectivity index (χ3v) is 1.65. The van der Waals surface area contributed by atoms with Crippen molar-refractivity contribution in [1.29, 1.82) is 0 Å². The summed E-state index contributed by atoms with van der Waals surface area (Å²) in [5.74, 6) is 0.340. The van der Waals surface area contributed by atoms with E-state index in [2.05, 4.69) is 10.3 Å². The molecule has 0 bridgehead atoms. The van der Waals surface area contributed by atoms with Crippen molar-refractivity contribution >= 4 is 11.5 Å². The first kappa shape index (κ1) is 9.44. The van der Waals surface area contributed by atoms with Crippen LogP contribution in [0.15, 0.2) is 12.3 Å². The van der Waals surface area contributed by atoms with Crippen LogP contribution in [0.25, 0.3) is 0 Å². The number of rotatable bonds is 3. The van der Waals surface area contributed by atoms with Crippen LogP contribution in [0.5, 0.6) is 0 Å². The predicted molar refractivity (Wildman–Crippen MR) is 49.8 cm³/mol. The van der Waals surface area contributed by atoms with Gasteiger partial charge in [0.05, 0.1) is 4.92 Å². The van der Waals surface area contributed by atoms with Crippen LogP contribution in [0, 0.1) is 17.0 Å². The molecule has 0 fully saturated rings. The van der Waals surface area contributed by atoms with Crippen LogP contribution in [0.2, 0.25) is 0 Å². The van der Waals surface area contributed by atoms with Gasteiger partial charge in [-0.1, -0.05) is 0 Å². The minimum absolute atomic E-state index is 0.0596. The molecule has 5 heteroatoms. The second-order valence-electron chi connectivity index (χ2n) is 2.61. The van der Waals surface area contributed by atoms with Crippen molar-refractivity contribution in [2.75, 3.05) is 11.9 Å². The molecule has 70 valence electrons. The van der Waals surface area contributed by atoms with Gasteiger partial charge in [-0.3, -0.25) is 10.1 Å². The van der Waals surface area contributed by atoms with Gasteiger partial charge in [-0.15, -0.1) is 0 Å². The van der Waals surface area contributed by atoms with E-state index in [9.17, 15) is 10.1 Å². The standard InChI is InChI=1S/C8H11N3O2/c1-3-9-8-7(11(12)13)6(2)4-5-10-8/h4-5H,3H2,1-2H3,(H,9,10). The quantitative estimate of drug-likeness (QED) is 0.569. The Balaban J connectivity index is 3.17. The van der Waals surface area contributed by atoms with Crippen molar-refractivity contribution in [3.05, 3.63) is 27.9 Å². The van der Waals surface area contributed by atoms with E-state index in [4.69, 9.17) is 0 Å². The zero-order valence-corrected chi connectivity index (χ0v) is 7.57. The van der Waals surface area contributed by atoms with Gasteiger partial charge in [0, 0.05) is 18.3 Å². The first-order chi connectivity index (χ1) is 6.16. The van der Waals surface area contributed by atoms with Gasteiger partial charge in [0.15, 0.2) is 0 Å². The number of aryl methyl sites for hydroxylation is 1. The highest BCUT2D eigenvalue weighted by Gasteiger charge is 2.17. The number of aromatic nitrogens is 1. The van der Waals surface area contributed by atoms with Crippen LogP contribution in [-0.4, -0.2) is 16.5 Å². The Morgan fingerprint density at radius 3 is 2.92 bits per heavy atom. The largest absolute Gasteiger partial charge is 0.365 e. The molecule has 1 N–H and O–H groups in total. The lowest BCUT2D eigenvalue weighted by Crippen LogP contribution is -2.04. The molecule has 0 amide bonds. The van der Waals surface area contributed by atoms with Crippen LogP contribution in [-0.2, 0) is 0 Å². The summed E-state index contributed by atoms with van der Waals surface area (Å²) >= 11 is 0. The zero-order chi connectivity index (χ0) is 9.84. The van der Waals surface area contributed by atoms with Gasteiger partial charge in [0.1, 0.15) is 0 Å². The minimum Gasteiger partial charge on any atom is -0.365 e. The fraction of sp³-hybridized carbons (Fsp3) is 0.375. The van der Waals surface area contributed by atoms with Crippen molar-refractivity contribution in [3.8, 4) is 0 Å². The molecular formula is C8H11N3O2. The van der Waals surface area contributed by atoms with E-state index in [-0.39, 0.29) is 5.69 Å². The average molecular weight is 181 g/mol. The molecule has 13 heavy (non-hydrogen) atoms. The summed E-state index contributed by atoms with van der Waals surface area (Å²) < 4.78 is 0. The molecule has 0 aliphatic heterocycles. The molecule has 1 aromatic heterocycles. The van der Waals surface area contributed by atoms with Crippen LogP contribution in [0.4, 0.5) is 11.5 Å². The number of nitro groups is 1. The van der Waals surface area contributed by atoms with Crippen molar-refractivity contribution in [3.63, 3.8) is 0 Å². The van der Waals surface area contributed by atoms with Gasteiger partial charge in [0.25, 0.3) is 0 Å². The smallest absolute Gasteiger partial charge is 0.314 e. The number of nitrogens with one attached hydrogen (secondary N) is 1. The number of nitrogens with zero attached hydrogens (tertiary/aromatic N) is 2. The average Bonchev–Trinajstić information content (AvgIpc) is 2.04. The summed E-state index contributed by atoms with van der Waals surface area (Å²) in [7, 11) is 0. The highest BCUT2D eigenvalue weighted by Crippen LogP contribution is 2.24. The van der Waals surface area contributed by atoms with Crippen molar-refractivity contribution in [2.24, 2.45) is 0 Å². The first-order valence-corrected chi connectivity index (χ1v) is 4.00. The van der Waals surface area contributed by atoms with Crippen LogP contribution >= 0.6 is 0 Å². The normalized spacial score (nSPS) is 9.69. The van der Waals surface area contributed by atoms with E-state index >= 15 is 0 Å². The maximum atomic E-state index is 10.6. The molecule has 1 rings (SSSR count). The van der Waals surface area contributed by atoms with Crippen molar-refractivity contribution in [2.45, 2.75) is 13.8 Å². The lowest BCUT2D eigenvalue weighted by Gasteiger charge is -2.04. The molecule has 5 nitrogen and oxygen atoms in total. The molecule has 0 saturated carbocycles. The SMILES string of the molecule is CCNc1nccc(C)c1[N+](=O)[O-]. The molecule has 0 aliphatic carbocycles. The molecule has 0 radical (unpaired) electrons. The van der Waals surface area contributed by atoms with Gasteiger partial charge < -0.3 is 5.32 Å². The van der Waals surface area contributed by atoms with Gasteiger partial charge >= 0.3 is 5.69 Å². The van der Waals surface area contributed by atoms with Gasteiger partial charge in [-0.2, -0.15) is 0 Å². The zero-order valence-electron chi connectivity index (χ0n) is 7.57. The molecule has 0 saturated heterocycles. The molecule has 0 aromatic carbocycles. The molecule has 1 aromatic rings. The fourth-order valence-corrected chi connectivity index (χ4v) is 1.08. The van der Waals surface area contributed by atoms with Gasteiger partial charge in [-0.05, 0) is 19.9 Å². The number of hydrogen-bond donors (Lipinski definition) is 1. The summed E-state index contributed by atoms with van der Waals surface area (Å²) in [5.41, 5.74) is 0.681. The summed E-state index contributed by atoms with van der Waals surface area (Å²) in [4.78, 5) is 14.1. The Kier molecular flexibility index (Phi) is 2.79. The molecule has 0 spiro atoms. The maximum Gasteiger partial charge on any atom is 0.314 e. The third kappa shape index (κ3) is 1.93. The van der Waals surface area contributed by atoms with E-state index in [1.807, 2.05) is 6.92 Å². The van der Waals surface area contributed by atoms with E-state index < -0.39 is 4.92 Å². The number of anilines is 1. The Morgan fingerprint density at radius 2 is 2.38 bits per heavy atom. The van der Waals surface area contributed by atoms with E-state index in [0.29, 0.717) is 17.9 Å². The molecule has 0 aliphatic rings. The molecule has 0 unspecified atom stereocenters. The first-order valence-electron chi connectivity index (χ1n) is 4.00. The van der Waals surface area contributed by atoms with Gasteiger partial charge in [0.2, 0.25) is 5.82 Å². The topological polar surface area (TPSA) is 68.1 Å². The lowest BCUT2D eigenvalue weighted by atomic mass is 10.2. The highest BCUT2D eigenvalue weighted by molar-refractivity contribution is 5.59. The summed E-state index contributed by atoms with van der Waals surface area (Å²) in [6.07, 6.45) is 1.56. The van der Waals surface area contributed by atoms with E-state index in [1.54, 1.807) is 19.2 Å². The van der Waals surface area contributed by atoms with Gasteiger partial charge in [-0.25, -0.2) is 4.98 Å². The third-order valence-electron chi connectivity index (χ3n) is 1.65. The minimum atomic E-state index is -0.416. The fourth-order valence-electron chi connectivity index (χ4n) is 1.08. The number of hydrogen-bond acceptors (Lipinski definition) is 4. The van der Waals surface area contributed by atoms with E-state index in [0.717, 1.165) is 0 Å². The maximum absolute atomic E-state index is 10.6. The van der Waals surface area contributed by atoms with Crippen LogP contribution < -0.4 is 5.32 Å². The predicted octanol–water partition coefficient (Wildman–Crippen LogP) is 1.73. The Labute approximate surface area is 75.9 Å². The van der Waals surface area contributed by atoms with Crippen molar-refractivity contribution < 1.29 is 4.92 Å². The Bertz CT molecular complexity index is 325. The summed E-state index contributed by atoms with van der Waals surface area (Å²) in [6, 6.07) is 1.62. The van der Waals surface area contributed by atoms with E-state index in [1.165, 1.54) is 0 Å². The Hall–Kier alpha value is -1.65. The monoisotopic (exact) mass is 181 g/mol. The molecule has 1 heterocycles. The highest BCUT2D eigenvalue weighted by atomic mass is 16.6. The Morgan fingerprint density at radius 1 is 1.69 bits per heavy atom. The molecule has 0 atom stereocenters. The van der Waals surface area contributed by atoms with Crippen molar-refractivity contribution in [1.82, 2.24) is 4.98 Å². The molecular weight excluding hydrogens is 170 g/mol. The second-order valence-corrected chi connectivity index (χ2v) is 2.61.